The van der Waals surface area contributed by atoms with Crippen molar-refractivity contribution in [3.8, 4) is 6.07 Å². The van der Waals surface area contributed by atoms with Crippen molar-refractivity contribution < 1.29 is 14.4 Å². The maximum Gasteiger partial charge on any atom is 0.332 e. The first-order valence-corrected chi connectivity index (χ1v) is 9.82. The highest BCUT2D eigenvalue weighted by molar-refractivity contribution is 6.25. The van der Waals surface area contributed by atoms with E-state index in [4.69, 9.17) is 0 Å². The van der Waals surface area contributed by atoms with Gasteiger partial charge in [0.2, 0.25) is 5.91 Å². The van der Waals surface area contributed by atoms with Gasteiger partial charge in [0, 0.05) is 23.2 Å². The molecule has 0 N–H and O–H groups in total. The van der Waals surface area contributed by atoms with Gasteiger partial charge in [0.25, 0.3) is 5.91 Å². The molecule has 3 heterocycles. The van der Waals surface area contributed by atoms with E-state index in [0.717, 1.165) is 0 Å². The fourth-order valence-electron chi connectivity index (χ4n) is 5.04. The molecule has 2 aromatic rings. The molecule has 0 unspecified atom stereocenters. The van der Waals surface area contributed by atoms with Crippen LogP contribution in [0.15, 0.2) is 36.4 Å². The van der Waals surface area contributed by atoms with Gasteiger partial charge in [-0.25, -0.2) is 9.69 Å². The number of fused-ring (bicyclic) bond motifs is 6. The van der Waals surface area contributed by atoms with Crippen molar-refractivity contribution in [3.63, 3.8) is 0 Å². The molecule has 3 aliphatic rings. The first-order chi connectivity index (χ1) is 13.9. The van der Waals surface area contributed by atoms with E-state index < -0.39 is 6.04 Å². The molecule has 0 aromatic heterocycles. The van der Waals surface area contributed by atoms with Gasteiger partial charge in [0.1, 0.15) is 6.04 Å². The van der Waals surface area contributed by atoms with E-state index in [-0.39, 0.29) is 35.8 Å². The summed E-state index contributed by atoms with van der Waals surface area (Å²) in [6, 6.07) is 11.4. The molecule has 3 aliphatic heterocycles. The molecule has 29 heavy (non-hydrogen) atoms. The average molecular weight is 388 g/mol. The summed E-state index contributed by atoms with van der Waals surface area (Å²) in [5.41, 5.74) is 0.989. The second kappa shape index (κ2) is 6.05. The molecule has 2 bridgehead atoms. The van der Waals surface area contributed by atoms with E-state index in [9.17, 15) is 19.6 Å². The van der Waals surface area contributed by atoms with E-state index in [0.29, 0.717) is 35.0 Å². The monoisotopic (exact) mass is 388 g/mol. The molecular formula is C22H20N4O3. The third kappa shape index (κ3) is 2.26. The largest absolute Gasteiger partial charge is 0.335 e. The van der Waals surface area contributed by atoms with Crippen LogP contribution in [0.2, 0.25) is 0 Å². The molecule has 3 fully saturated rings. The summed E-state index contributed by atoms with van der Waals surface area (Å²) in [6.45, 7) is 4.19. The molecule has 146 valence electrons. The topological polar surface area (TPSA) is 84.7 Å². The number of carbonyl (C=O) groups is 3. The Labute approximate surface area is 168 Å². The number of piperazine rings is 1. The maximum absolute atomic E-state index is 13.4. The smallest absolute Gasteiger partial charge is 0.332 e. The number of nitrogens with zero attached hydrogens (tertiary/aromatic N) is 4. The summed E-state index contributed by atoms with van der Waals surface area (Å²) < 4.78 is 0. The third-order valence-electron chi connectivity index (χ3n) is 6.30. The van der Waals surface area contributed by atoms with Gasteiger partial charge in [0.15, 0.2) is 0 Å². The van der Waals surface area contributed by atoms with Gasteiger partial charge in [-0.3, -0.25) is 9.59 Å². The lowest BCUT2D eigenvalue weighted by Crippen LogP contribution is -2.55. The Hall–Kier alpha value is -3.40. The van der Waals surface area contributed by atoms with Gasteiger partial charge in [-0.05, 0) is 18.6 Å². The standard InChI is InChI=1S/C22H20N4O3/c1-12(2)20(27)24-11-14-9-18(24)19-21(28)26(22(29)25(14)19)17-8-7-13(10-23)15-5-3-4-6-16(15)17/h3-8,12,14,18-19H,9,11H2,1-2H3/t14-,18-,19+/m0/s1. The lowest BCUT2D eigenvalue weighted by atomic mass is 10.0. The minimum Gasteiger partial charge on any atom is -0.335 e. The Morgan fingerprint density at radius 1 is 1.14 bits per heavy atom. The van der Waals surface area contributed by atoms with Crippen LogP contribution in [0.4, 0.5) is 10.5 Å². The Morgan fingerprint density at radius 2 is 1.86 bits per heavy atom. The zero-order chi connectivity index (χ0) is 20.4. The van der Waals surface area contributed by atoms with Crippen molar-refractivity contribution in [3.05, 3.63) is 42.0 Å². The zero-order valence-electron chi connectivity index (χ0n) is 16.2. The number of hydrogen-bond donors (Lipinski definition) is 0. The predicted octanol–water partition coefficient (Wildman–Crippen LogP) is 2.49. The Morgan fingerprint density at radius 3 is 2.55 bits per heavy atom. The quantitative estimate of drug-likeness (QED) is 0.740. The summed E-state index contributed by atoms with van der Waals surface area (Å²) in [5.74, 6) is -0.410. The molecule has 7 nitrogen and oxygen atoms in total. The molecule has 3 saturated heterocycles. The van der Waals surface area contributed by atoms with Crippen molar-refractivity contribution in [1.29, 1.82) is 5.26 Å². The van der Waals surface area contributed by atoms with Gasteiger partial charge in [0.05, 0.1) is 29.4 Å². The SMILES string of the molecule is CC(C)C(=O)N1C[C@@H]2C[C@H]1[C@@H]1C(=O)N(c3ccc(C#N)c4ccccc34)C(=O)N21. The maximum atomic E-state index is 13.4. The van der Waals surface area contributed by atoms with Gasteiger partial charge in [-0.15, -0.1) is 0 Å². The molecule has 5 rings (SSSR count). The highest BCUT2D eigenvalue weighted by Crippen LogP contribution is 2.44. The van der Waals surface area contributed by atoms with Crippen LogP contribution in [-0.4, -0.2) is 52.3 Å². The molecule has 3 atom stereocenters. The molecule has 0 saturated carbocycles. The number of likely N-dealkylation sites (tertiary alicyclic amines) is 1. The van der Waals surface area contributed by atoms with Crippen LogP contribution in [0, 0.1) is 17.2 Å². The number of amides is 4. The van der Waals surface area contributed by atoms with Crippen LogP contribution in [0.1, 0.15) is 25.8 Å². The van der Waals surface area contributed by atoms with Crippen molar-refractivity contribution in [2.24, 2.45) is 5.92 Å². The van der Waals surface area contributed by atoms with Crippen LogP contribution >= 0.6 is 0 Å². The fourth-order valence-corrected chi connectivity index (χ4v) is 5.04. The molecule has 2 aromatic carbocycles. The van der Waals surface area contributed by atoms with E-state index in [2.05, 4.69) is 6.07 Å². The van der Waals surface area contributed by atoms with Gasteiger partial charge in [-0.2, -0.15) is 5.26 Å². The molecule has 0 aliphatic carbocycles. The van der Waals surface area contributed by atoms with E-state index in [1.54, 1.807) is 21.9 Å². The van der Waals surface area contributed by atoms with Crippen LogP contribution in [-0.2, 0) is 9.59 Å². The Kier molecular flexibility index (Phi) is 3.69. The second-order valence-electron chi connectivity index (χ2n) is 8.20. The number of imide groups is 1. The lowest BCUT2D eigenvalue weighted by Gasteiger charge is -2.35. The highest BCUT2D eigenvalue weighted by Gasteiger charge is 2.63. The first-order valence-electron chi connectivity index (χ1n) is 9.82. The Bertz CT molecular complexity index is 1120. The fraction of sp³-hybridized carbons (Fsp3) is 0.364. The first kappa shape index (κ1) is 17.7. The number of rotatable bonds is 2. The van der Waals surface area contributed by atoms with Crippen LogP contribution in [0.5, 0.6) is 0 Å². The number of carbonyl (C=O) groups excluding carboxylic acids is 3. The summed E-state index contributed by atoms with van der Waals surface area (Å²) in [6.07, 6.45) is 0.655. The number of hydrogen-bond acceptors (Lipinski definition) is 4. The van der Waals surface area contributed by atoms with Gasteiger partial charge in [-0.1, -0.05) is 38.1 Å². The van der Waals surface area contributed by atoms with Crippen molar-refractivity contribution in [2.45, 2.75) is 38.4 Å². The van der Waals surface area contributed by atoms with Crippen molar-refractivity contribution >= 4 is 34.3 Å². The van der Waals surface area contributed by atoms with Crippen molar-refractivity contribution in [2.75, 3.05) is 11.4 Å². The molecular weight excluding hydrogens is 368 g/mol. The van der Waals surface area contributed by atoms with Gasteiger partial charge >= 0.3 is 6.03 Å². The minimum absolute atomic E-state index is 0.0275. The summed E-state index contributed by atoms with van der Waals surface area (Å²) in [7, 11) is 0. The van der Waals surface area contributed by atoms with Crippen LogP contribution in [0.25, 0.3) is 10.8 Å². The number of nitriles is 1. The Balaban J connectivity index is 1.57. The number of urea groups is 1. The summed E-state index contributed by atoms with van der Waals surface area (Å²) >= 11 is 0. The number of benzene rings is 2. The van der Waals surface area contributed by atoms with Gasteiger partial charge < -0.3 is 9.80 Å². The third-order valence-corrected chi connectivity index (χ3v) is 6.30. The predicted molar refractivity (Wildman–Crippen MR) is 106 cm³/mol. The van der Waals surface area contributed by atoms with E-state index >= 15 is 0 Å². The average Bonchev–Trinajstić information content (AvgIpc) is 3.38. The molecule has 0 radical (unpaired) electrons. The molecule has 0 spiro atoms. The van der Waals surface area contributed by atoms with E-state index in [1.165, 1.54) is 4.90 Å². The van der Waals surface area contributed by atoms with Crippen LogP contribution in [0.3, 0.4) is 0 Å². The summed E-state index contributed by atoms with van der Waals surface area (Å²) in [4.78, 5) is 43.9. The van der Waals surface area contributed by atoms with Crippen molar-refractivity contribution in [1.82, 2.24) is 9.80 Å². The highest BCUT2D eigenvalue weighted by atomic mass is 16.2. The minimum atomic E-state index is -0.627. The lowest BCUT2D eigenvalue weighted by molar-refractivity contribution is -0.138. The normalized spacial score (nSPS) is 25.3. The molecule has 4 amide bonds. The van der Waals surface area contributed by atoms with E-state index in [1.807, 2.05) is 38.1 Å². The number of anilines is 1. The zero-order valence-corrected chi connectivity index (χ0v) is 16.2. The molecule has 7 heteroatoms. The summed E-state index contributed by atoms with van der Waals surface area (Å²) in [5, 5.41) is 10.8. The second-order valence-corrected chi connectivity index (χ2v) is 8.20. The van der Waals surface area contributed by atoms with Crippen LogP contribution < -0.4 is 4.90 Å².